The van der Waals surface area contributed by atoms with E-state index in [4.69, 9.17) is 4.42 Å². The van der Waals surface area contributed by atoms with Gasteiger partial charge in [-0.3, -0.25) is 20.4 Å². The highest BCUT2D eigenvalue weighted by Gasteiger charge is 2.17. The highest BCUT2D eigenvalue weighted by molar-refractivity contribution is 9.11. The number of hydrogen-bond acceptors (Lipinski definition) is 4. The molecule has 0 saturated carbocycles. The molecular weight excluding hydrogens is 392 g/mol. The van der Waals surface area contributed by atoms with Gasteiger partial charge < -0.3 is 4.42 Å². The molecule has 122 valence electrons. The van der Waals surface area contributed by atoms with Crippen molar-refractivity contribution in [3.63, 3.8) is 0 Å². The van der Waals surface area contributed by atoms with Crippen molar-refractivity contribution < 1.29 is 14.0 Å². The lowest BCUT2D eigenvalue weighted by atomic mass is 10.1. The molecule has 0 spiro atoms. The van der Waals surface area contributed by atoms with E-state index in [0.717, 1.165) is 20.3 Å². The summed E-state index contributed by atoms with van der Waals surface area (Å²) in [6.45, 7) is 1.80. The fraction of sp³-hybridized carbons (Fsp3) is 0.0588. The van der Waals surface area contributed by atoms with E-state index < -0.39 is 11.8 Å². The molecule has 0 atom stereocenters. The lowest BCUT2D eigenvalue weighted by Gasteiger charge is -2.03. The maximum Gasteiger partial charge on any atom is 0.305 e. The molecule has 2 heterocycles. The third-order valence-electron chi connectivity index (χ3n) is 3.36. The molecule has 0 unspecified atom stereocenters. The number of furan rings is 1. The zero-order valence-electron chi connectivity index (χ0n) is 12.6. The van der Waals surface area contributed by atoms with E-state index >= 15 is 0 Å². The Kier molecular flexibility index (Phi) is 4.82. The van der Waals surface area contributed by atoms with Crippen LogP contribution >= 0.6 is 27.3 Å². The van der Waals surface area contributed by atoms with Crippen LogP contribution in [0.3, 0.4) is 0 Å². The van der Waals surface area contributed by atoms with Gasteiger partial charge in [-0.15, -0.1) is 11.3 Å². The minimum atomic E-state index is -0.497. The zero-order valence-corrected chi connectivity index (χ0v) is 15.0. The summed E-state index contributed by atoms with van der Waals surface area (Å²) in [6, 6.07) is 9.28. The van der Waals surface area contributed by atoms with Crippen LogP contribution in [0.25, 0.3) is 17.0 Å². The molecule has 0 fully saturated rings. The van der Waals surface area contributed by atoms with Crippen LogP contribution in [0.4, 0.5) is 0 Å². The summed E-state index contributed by atoms with van der Waals surface area (Å²) >= 11 is 4.88. The second-order valence-corrected chi connectivity index (χ2v) is 7.30. The summed E-state index contributed by atoms with van der Waals surface area (Å²) in [7, 11) is 0. The van der Waals surface area contributed by atoms with E-state index in [1.807, 2.05) is 29.6 Å². The molecule has 3 aromatic rings. The molecule has 0 aliphatic carbocycles. The van der Waals surface area contributed by atoms with Crippen molar-refractivity contribution in [1.29, 1.82) is 0 Å². The lowest BCUT2D eigenvalue weighted by Crippen LogP contribution is -2.40. The molecule has 2 amide bonds. The van der Waals surface area contributed by atoms with Crippen LogP contribution in [0.2, 0.25) is 0 Å². The van der Waals surface area contributed by atoms with Crippen molar-refractivity contribution in [3.05, 3.63) is 62.5 Å². The zero-order chi connectivity index (χ0) is 17.1. The summed E-state index contributed by atoms with van der Waals surface area (Å²) in [5.41, 5.74) is 6.96. The number of hydrazine groups is 1. The van der Waals surface area contributed by atoms with Gasteiger partial charge in [-0.1, -0.05) is 18.2 Å². The first kappa shape index (κ1) is 16.5. The first-order valence-electron chi connectivity index (χ1n) is 7.05. The molecule has 2 aromatic heterocycles. The van der Waals surface area contributed by atoms with Crippen LogP contribution in [0.5, 0.6) is 0 Å². The van der Waals surface area contributed by atoms with Crippen LogP contribution in [-0.2, 0) is 4.79 Å². The van der Waals surface area contributed by atoms with Crippen molar-refractivity contribution in [1.82, 2.24) is 10.9 Å². The van der Waals surface area contributed by atoms with Crippen LogP contribution in [0, 0.1) is 6.92 Å². The third kappa shape index (κ3) is 3.58. The van der Waals surface area contributed by atoms with E-state index in [1.54, 1.807) is 19.1 Å². The van der Waals surface area contributed by atoms with Gasteiger partial charge in [0.05, 0.1) is 3.79 Å². The Morgan fingerprint density at radius 3 is 2.75 bits per heavy atom. The predicted molar refractivity (Wildman–Crippen MR) is 97.6 cm³/mol. The second-order valence-electron chi connectivity index (χ2n) is 5.01. The van der Waals surface area contributed by atoms with Gasteiger partial charge in [-0.25, -0.2) is 0 Å². The first-order valence-corrected chi connectivity index (χ1v) is 8.72. The van der Waals surface area contributed by atoms with Crippen LogP contribution in [-0.4, -0.2) is 11.8 Å². The number of para-hydroxylation sites is 1. The maximum atomic E-state index is 12.2. The number of thiophene rings is 1. The van der Waals surface area contributed by atoms with Crippen molar-refractivity contribution in [2.75, 3.05) is 0 Å². The lowest BCUT2D eigenvalue weighted by molar-refractivity contribution is -0.117. The first-order chi connectivity index (χ1) is 11.5. The van der Waals surface area contributed by atoms with Gasteiger partial charge in [0.25, 0.3) is 5.91 Å². The Bertz CT molecular complexity index is 942. The van der Waals surface area contributed by atoms with Gasteiger partial charge in [0.2, 0.25) is 0 Å². The Labute approximate surface area is 150 Å². The number of nitrogens with one attached hydrogen (secondary N) is 2. The van der Waals surface area contributed by atoms with E-state index in [1.165, 1.54) is 17.4 Å². The van der Waals surface area contributed by atoms with E-state index in [-0.39, 0.29) is 5.76 Å². The molecule has 1 aromatic carbocycles. The molecule has 0 radical (unpaired) electrons. The number of carbonyl (C=O) groups is 2. The monoisotopic (exact) mass is 404 g/mol. The van der Waals surface area contributed by atoms with E-state index in [9.17, 15) is 9.59 Å². The van der Waals surface area contributed by atoms with Crippen molar-refractivity contribution in [2.45, 2.75) is 6.92 Å². The summed E-state index contributed by atoms with van der Waals surface area (Å²) in [4.78, 5) is 23.9. The van der Waals surface area contributed by atoms with Gasteiger partial charge in [0.1, 0.15) is 5.58 Å². The average Bonchev–Trinajstić information content (AvgIpc) is 3.15. The molecule has 0 aliphatic heterocycles. The fourth-order valence-electron chi connectivity index (χ4n) is 2.19. The standard InChI is InChI=1S/C17H13BrN2O3S/c1-10-12-4-2-3-5-13(12)23-16(10)17(22)20-19-15(21)7-6-11-8-14(18)24-9-11/h2-9H,1H3,(H,19,21)(H,20,22). The number of hydrogen-bond donors (Lipinski definition) is 2. The van der Waals surface area contributed by atoms with E-state index in [0.29, 0.717) is 5.58 Å². The minimum absolute atomic E-state index is 0.183. The van der Waals surface area contributed by atoms with Gasteiger partial charge in [0, 0.05) is 17.0 Å². The molecule has 7 heteroatoms. The SMILES string of the molecule is Cc1c(C(=O)NNC(=O)C=Cc2csc(Br)c2)oc2ccccc12. The number of halogens is 1. The Morgan fingerprint density at radius 2 is 2.04 bits per heavy atom. The number of fused-ring (bicyclic) bond motifs is 1. The predicted octanol–water partition coefficient (Wildman–Crippen LogP) is 4.04. The van der Waals surface area contributed by atoms with Crippen molar-refractivity contribution in [3.8, 4) is 0 Å². The van der Waals surface area contributed by atoms with Gasteiger partial charge in [0.15, 0.2) is 5.76 Å². The minimum Gasteiger partial charge on any atom is -0.451 e. The topological polar surface area (TPSA) is 71.3 Å². The van der Waals surface area contributed by atoms with Gasteiger partial charge >= 0.3 is 5.91 Å². The fourth-order valence-corrected chi connectivity index (χ4v) is 3.33. The largest absolute Gasteiger partial charge is 0.451 e. The van der Waals surface area contributed by atoms with Crippen molar-refractivity contribution >= 4 is 56.1 Å². The second kappa shape index (κ2) is 7.02. The molecule has 2 N–H and O–H groups in total. The summed E-state index contributed by atoms with van der Waals surface area (Å²) in [5.74, 6) is -0.745. The molecule has 5 nitrogen and oxygen atoms in total. The smallest absolute Gasteiger partial charge is 0.305 e. The number of carbonyl (C=O) groups excluding carboxylic acids is 2. The number of amides is 2. The van der Waals surface area contributed by atoms with Crippen LogP contribution in [0.15, 0.2) is 50.0 Å². The van der Waals surface area contributed by atoms with Gasteiger partial charge in [-0.05, 0) is 52.0 Å². The number of aryl methyl sites for hydroxylation is 1. The highest BCUT2D eigenvalue weighted by atomic mass is 79.9. The number of rotatable bonds is 3. The summed E-state index contributed by atoms with van der Waals surface area (Å²) in [6.07, 6.45) is 3.01. The Hall–Kier alpha value is -2.38. The van der Waals surface area contributed by atoms with E-state index in [2.05, 4.69) is 26.8 Å². The normalized spacial score (nSPS) is 11.1. The molecule has 24 heavy (non-hydrogen) atoms. The van der Waals surface area contributed by atoms with Crippen LogP contribution in [0.1, 0.15) is 21.7 Å². The quantitative estimate of drug-likeness (QED) is 0.511. The summed E-state index contributed by atoms with van der Waals surface area (Å²) in [5, 5.41) is 2.78. The van der Waals surface area contributed by atoms with Crippen molar-refractivity contribution in [2.24, 2.45) is 0 Å². The molecule has 0 aliphatic rings. The third-order valence-corrected chi connectivity index (χ3v) is 4.89. The Balaban J connectivity index is 1.63. The average molecular weight is 405 g/mol. The highest BCUT2D eigenvalue weighted by Crippen LogP contribution is 2.24. The van der Waals surface area contributed by atoms with Gasteiger partial charge in [-0.2, -0.15) is 0 Å². The maximum absolute atomic E-state index is 12.2. The molecule has 0 bridgehead atoms. The number of benzene rings is 1. The molecule has 0 saturated heterocycles. The van der Waals surface area contributed by atoms with Crippen LogP contribution < -0.4 is 10.9 Å². The molecular formula is C17H13BrN2O3S. The molecule has 3 rings (SSSR count). The Morgan fingerprint density at radius 1 is 1.25 bits per heavy atom. The summed E-state index contributed by atoms with van der Waals surface area (Å²) < 4.78 is 6.52.